The van der Waals surface area contributed by atoms with Gasteiger partial charge in [0.15, 0.2) is 5.65 Å². The van der Waals surface area contributed by atoms with Gasteiger partial charge in [-0.1, -0.05) is 0 Å². The van der Waals surface area contributed by atoms with Crippen LogP contribution >= 0.6 is 15.9 Å². The molecule has 3 aromatic heterocycles. The van der Waals surface area contributed by atoms with Crippen LogP contribution in [0.3, 0.4) is 0 Å². The van der Waals surface area contributed by atoms with E-state index in [1.165, 1.54) is 0 Å². The summed E-state index contributed by atoms with van der Waals surface area (Å²) in [5.41, 5.74) is 2.04. The molecule has 0 unspecified atom stereocenters. The summed E-state index contributed by atoms with van der Waals surface area (Å²) in [5, 5.41) is 10.9. The summed E-state index contributed by atoms with van der Waals surface area (Å²) in [6, 6.07) is 1.85. The number of anilines is 2. The zero-order valence-corrected chi connectivity index (χ0v) is 19.5. The van der Waals surface area contributed by atoms with Crippen LogP contribution in [-0.4, -0.2) is 57.6 Å². The molecule has 0 aliphatic carbocycles. The maximum absolute atomic E-state index is 13.4. The molecule has 2 fully saturated rings. The fraction of sp³-hybridized carbons (Fsp3) is 0.524. The van der Waals surface area contributed by atoms with Crippen molar-refractivity contribution in [2.45, 2.75) is 32.3 Å². The number of aromatic nitrogens is 5. The Kier molecular flexibility index (Phi) is 5.01. The smallest absolute Gasteiger partial charge is 0.266 e. The third-order valence-electron chi connectivity index (χ3n) is 6.67. The average molecular weight is 488 g/mol. The molecule has 0 bridgehead atoms. The Morgan fingerprint density at radius 2 is 2.13 bits per heavy atom. The van der Waals surface area contributed by atoms with Crippen molar-refractivity contribution in [2.24, 2.45) is 12.5 Å². The number of hydrogen-bond acceptors (Lipinski definition) is 7. The predicted octanol–water partition coefficient (Wildman–Crippen LogP) is 2.92. The predicted molar refractivity (Wildman–Crippen MR) is 124 cm³/mol. The Bertz CT molecular complexity index is 1200. The van der Waals surface area contributed by atoms with E-state index in [9.17, 15) is 4.79 Å². The lowest BCUT2D eigenvalue weighted by molar-refractivity contribution is 0.0974. The molecule has 5 heterocycles. The van der Waals surface area contributed by atoms with Crippen molar-refractivity contribution < 1.29 is 4.74 Å². The third kappa shape index (κ3) is 3.32. The fourth-order valence-corrected chi connectivity index (χ4v) is 5.54. The zero-order valence-electron chi connectivity index (χ0n) is 17.9. The number of ether oxygens (including phenoxy) is 1. The average Bonchev–Trinajstić information content (AvgIpc) is 3.35. The first-order valence-corrected chi connectivity index (χ1v) is 11.4. The minimum atomic E-state index is -0.114. The van der Waals surface area contributed by atoms with Crippen LogP contribution in [0.5, 0.6) is 0 Å². The van der Waals surface area contributed by atoms with Crippen LogP contribution in [0, 0.1) is 5.41 Å². The standard InChI is InChI=1S/C21H26BrN7O2/c1-12-10-21(11-31-12)5-8-29(9-6-21)20-25-17-14(19(30)28(20)3)16(26-27-17)13-4-7-24-18(23-2)15(13)22/h4,7,12H,5-6,8-11H2,1-3H3,(H,23,24)(H,26,27)/t12-/m0/s1. The van der Waals surface area contributed by atoms with Crippen LogP contribution in [0.2, 0.25) is 0 Å². The van der Waals surface area contributed by atoms with Gasteiger partial charge in [-0.15, -0.1) is 0 Å². The number of hydrogen-bond donors (Lipinski definition) is 2. The van der Waals surface area contributed by atoms with E-state index < -0.39 is 0 Å². The van der Waals surface area contributed by atoms with Gasteiger partial charge in [-0.25, -0.2) is 4.98 Å². The Morgan fingerprint density at radius 3 is 2.81 bits per heavy atom. The second-order valence-electron chi connectivity index (χ2n) is 8.66. The minimum absolute atomic E-state index is 0.114. The van der Waals surface area contributed by atoms with Gasteiger partial charge in [-0.2, -0.15) is 10.1 Å². The topological polar surface area (TPSA) is 101 Å². The molecule has 5 rings (SSSR count). The number of piperidine rings is 1. The zero-order chi connectivity index (χ0) is 21.8. The first-order valence-electron chi connectivity index (χ1n) is 10.6. The molecule has 0 amide bonds. The SMILES string of the molecule is CNc1nccc(-c2[nH]nc3nc(N4CCC5(CC4)CO[C@@H](C)C5)n(C)c(=O)c23)c1Br. The molecule has 0 radical (unpaired) electrons. The Labute approximate surface area is 188 Å². The Balaban J connectivity index is 1.51. The maximum atomic E-state index is 13.4. The van der Waals surface area contributed by atoms with E-state index in [4.69, 9.17) is 9.72 Å². The first kappa shape index (κ1) is 20.4. The van der Waals surface area contributed by atoms with Crippen molar-refractivity contribution in [3.8, 4) is 11.3 Å². The van der Waals surface area contributed by atoms with E-state index >= 15 is 0 Å². The van der Waals surface area contributed by atoms with Crippen molar-refractivity contribution in [3.63, 3.8) is 0 Å². The minimum Gasteiger partial charge on any atom is -0.378 e. The van der Waals surface area contributed by atoms with Crippen LogP contribution in [-0.2, 0) is 11.8 Å². The van der Waals surface area contributed by atoms with Crippen LogP contribution in [0.1, 0.15) is 26.2 Å². The first-order chi connectivity index (χ1) is 14.9. The third-order valence-corrected chi connectivity index (χ3v) is 7.47. The largest absolute Gasteiger partial charge is 0.378 e. The molecule has 0 aromatic carbocycles. The Hall–Kier alpha value is -2.46. The highest BCUT2D eigenvalue weighted by Gasteiger charge is 2.41. The van der Waals surface area contributed by atoms with Gasteiger partial charge in [0, 0.05) is 38.9 Å². The maximum Gasteiger partial charge on any atom is 0.266 e. The fourth-order valence-electron chi connectivity index (χ4n) is 4.91. The summed E-state index contributed by atoms with van der Waals surface area (Å²) >= 11 is 3.58. The molecule has 9 nitrogen and oxygen atoms in total. The molecule has 2 N–H and O–H groups in total. The van der Waals surface area contributed by atoms with Gasteiger partial charge in [0.05, 0.1) is 22.9 Å². The number of halogens is 1. The molecule has 2 aliphatic heterocycles. The van der Waals surface area contributed by atoms with Gasteiger partial charge in [0.1, 0.15) is 11.2 Å². The summed E-state index contributed by atoms with van der Waals surface area (Å²) in [6.45, 7) is 4.71. The molecular formula is C21H26BrN7O2. The molecule has 2 aliphatic rings. The van der Waals surface area contributed by atoms with Crippen molar-refractivity contribution in [3.05, 3.63) is 27.1 Å². The van der Waals surface area contributed by atoms with E-state index in [2.05, 4.69) is 48.3 Å². The van der Waals surface area contributed by atoms with E-state index in [0.717, 1.165) is 49.0 Å². The highest BCUT2D eigenvalue weighted by Crippen LogP contribution is 2.42. The van der Waals surface area contributed by atoms with E-state index in [1.54, 1.807) is 24.9 Å². The molecule has 1 spiro atoms. The van der Waals surface area contributed by atoms with E-state index in [-0.39, 0.29) is 11.0 Å². The summed E-state index contributed by atoms with van der Waals surface area (Å²) < 4.78 is 8.25. The second kappa shape index (κ2) is 7.59. The summed E-state index contributed by atoms with van der Waals surface area (Å²) in [5.74, 6) is 1.36. The van der Waals surface area contributed by atoms with Gasteiger partial charge in [0.25, 0.3) is 5.56 Å². The lowest BCUT2D eigenvalue weighted by atomic mass is 9.77. The second-order valence-corrected chi connectivity index (χ2v) is 9.45. The normalized spacial score (nSPS) is 20.6. The van der Waals surface area contributed by atoms with E-state index in [1.807, 2.05) is 6.07 Å². The number of fused-ring (bicyclic) bond motifs is 1. The van der Waals surface area contributed by atoms with Crippen LogP contribution in [0.25, 0.3) is 22.3 Å². The quantitative estimate of drug-likeness (QED) is 0.585. The lowest BCUT2D eigenvalue weighted by Gasteiger charge is -2.39. The van der Waals surface area contributed by atoms with Gasteiger partial charge >= 0.3 is 0 Å². The molecule has 2 saturated heterocycles. The van der Waals surface area contributed by atoms with Gasteiger partial charge in [-0.05, 0) is 53.6 Å². The number of nitrogens with one attached hydrogen (secondary N) is 2. The number of nitrogens with zero attached hydrogens (tertiary/aromatic N) is 5. The molecular weight excluding hydrogens is 462 g/mol. The monoisotopic (exact) mass is 487 g/mol. The number of aromatic amines is 1. The summed E-state index contributed by atoms with van der Waals surface area (Å²) in [7, 11) is 3.59. The molecule has 0 saturated carbocycles. The van der Waals surface area contributed by atoms with Crippen molar-refractivity contribution >= 4 is 38.7 Å². The lowest BCUT2D eigenvalue weighted by Crippen LogP contribution is -2.43. The number of H-pyrrole nitrogens is 1. The molecule has 3 aromatic rings. The van der Waals surface area contributed by atoms with Gasteiger partial charge < -0.3 is 15.0 Å². The highest BCUT2D eigenvalue weighted by molar-refractivity contribution is 9.10. The summed E-state index contributed by atoms with van der Waals surface area (Å²) in [4.78, 5) is 24.6. The Morgan fingerprint density at radius 1 is 1.35 bits per heavy atom. The highest BCUT2D eigenvalue weighted by atomic mass is 79.9. The number of rotatable bonds is 3. The van der Waals surface area contributed by atoms with Crippen molar-refractivity contribution in [2.75, 3.05) is 37.0 Å². The van der Waals surface area contributed by atoms with Crippen LogP contribution in [0.4, 0.5) is 11.8 Å². The van der Waals surface area contributed by atoms with Crippen molar-refractivity contribution in [1.29, 1.82) is 0 Å². The van der Waals surface area contributed by atoms with Crippen LogP contribution < -0.4 is 15.8 Å². The number of pyridine rings is 1. The van der Waals surface area contributed by atoms with Crippen LogP contribution in [0.15, 0.2) is 21.5 Å². The molecule has 1 atom stereocenters. The van der Waals surface area contributed by atoms with Crippen molar-refractivity contribution in [1.82, 2.24) is 24.7 Å². The molecule has 31 heavy (non-hydrogen) atoms. The molecule has 10 heteroatoms. The van der Waals surface area contributed by atoms with Gasteiger partial charge in [0.2, 0.25) is 5.95 Å². The molecule has 164 valence electrons. The van der Waals surface area contributed by atoms with Gasteiger partial charge in [-0.3, -0.25) is 14.5 Å². The summed E-state index contributed by atoms with van der Waals surface area (Å²) in [6.07, 6.45) is 5.25. The van der Waals surface area contributed by atoms with E-state index in [0.29, 0.717) is 34.6 Å².